The van der Waals surface area contributed by atoms with E-state index in [-0.39, 0.29) is 23.1 Å². The monoisotopic (exact) mass is 404 g/mol. The smallest absolute Gasteiger partial charge is 0.257 e. The van der Waals surface area contributed by atoms with Crippen LogP contribution in [0.4, 0.5) is 10.1 Å². The zero-order chi connectivity index (χ0) is 19.1. The van der Waals surface area contributed by atoms with Crippen LogP contribution in [-0.4, -0.2) is 41.9 Å². The van der Waals surface area contributed by atoms with E-state index >= 15 is 0 Å². The lowest BCUT2D eigenvalue weighted by Crippen LogP contribution is -2.33. The predicted molar refractivity (Wildman–Crippen MR) is 107 cm³/mol. The van der Waals surface area contributed by atoms with Crippen LogP contribution in [0.5, 0.6) is 11.5 Å². The molecule has 2 fully saturated rings. The lowest BCUT2D eigenvalue weighted by molar-refractivity contribution is -0.119. The predicted octanol–water partition coefficient (Wildman–Crippen LogP) is 3.59. The van der Waals surface area contributed by atoms with Gasteiger partial charge in [0, 0.05) is 5.75 Å². The number of amides is 1. The molecule has 2 heterocycles. The van der Waals surface area contributed by atoms with Gasteiger partial charge >= 0.3 is 0 Å². The van der Waals surface area contributed by atoms with Gasteiger partial charge in [0.25, 0.3) is 5.91 Å². The van der Waals surface area contributed by atoms with E-state index in [0.717, 1.165) is 5.56 Å². The maximum atomic E-state index is 13.2. The van der Waals surface area contributed by atoms with Crippen LogP contribution in [0.25, 0.3) is 0 Å². The Kier molecular flexibility index (Phi) is 4.69. The van der Waals surface area contributed by atoms with Gasteiger partial charge < -0.3 is 14.4 Å². The summed E-state index contributed by atoms with van der Waals surface area (Å²) in [6, 6.07) is 11.2. The standard InChI is InChI=1S/C19H17FN2O3S2/c1-24-15-8-3-11(9-16(15)25-2)18-22-14(10-27-18)17(23)21(19(22)26)13-6-4-12(20)5-7-13/h3-9,14,18H,10H2,1-2H3/t14-,18+/m0/s1. The van der Waals surface area contributed by atoms with Crippen LogP contribution in [0.3, 0.4) is 0 Å². The maximum Gasteiger partial charge on any atom is 0.257 e. The van der Waals surface area contributed by atoms with E-state index < -0.39 is 0 Å². The Labute approximate surface area is 166 Å². The fourth-order valence-corrected chi connectivity index (χ4v) is 5.29. The number of halogens is 1. The quantitative estimate of drug-likeness (QED) is 0.726. The molecule has 0 aromatic heterocycles. The van der Waals surface area contributed by atoms with Crippen molar-refractivity contribution in [2.45, 2.75) is 11.4 Å². The van der Waals surface area contributed by atoms with Gasteiger partial charge in [0.2, 0.25) is 0 Å². The highest BCUT2D eigenvalue weighted by Crippen LogP contribution is 2.47. The van der Waals surface area contributed by atoms with Crippen molar-refractivity contribution in [2.75, 3.05) is 24.9 Å². The van der Waals surface area contributed by atoms with E-state index in [1.165, 1.54) is 17.0 Å². The van der Waals surface area contributed by atoms with E-state index in [9.17, 15) is 9.18 Å². The largest absolute Gasteiger partial charge is 0.493 e. The summed E-state index contributed by atoms with van der Waals surface area (Å²) in [7, 11) is 3.18. The topological polar surface area (TPSA) is 42.0 Å². The fourth-order valence-electron chi connectivity index (χ4n) is 3.38. The van der Waals surface area contributed by atoms with Gasteiger partial charge in [-0.15, -0.1) is 11.8 Å². The van der Waals surface area contributed by atoms with Crippen molar-refractivity contribution in [2.24, 2.45) is 0 Å². The Morgan fingerprint density at radius 1 is 1.11 bits per heavy atom. The highest BCUT2D eigenvalue weighted by molar-refractivity contribution is 7.99. The van der Waals surface area contributed by atoms with Crippen molar-refractivity contribution < 1.29 is 18.7 Å². The molecule has 1 amide bonds. The average molecular weight is 404 g/mol. The van der Waals surface area contributed by atoms with Crippen molar-refractivity contribution in [3.8, 4) is 11.5 Å². The molecule has 0 bridgehead atoms. The van der Waals surface area contributed by atoms with Crippen LogP contribution in [-0.2, 0) is 4.79 Å². The molecule has 2 saturated heterocycles. The number of anilines is 1. The number of carbonyl (C=O) groups is 1. The molecule has 0 N–H and O–H groups in total. The second-order valence-corrected chi connectivity index (χ2v) is 7.63. The summed E-state index contributed by atoms with van der Waals surface area (Å²) in [5, 5.41) is 0.332. The summed E-state index contributed by atoms with van der Waals surface area (Å²) in [5.41, 5.74) is 1.56. The SMILES string of the molecule is COc1ccc([C@H]2SC[C@H]3C(=O)N(c4ccc(F)cc4)C(=S)N23)cc1OC. The number of nitrogens with zero attached hydrogens (tertiary/aromatic N) is 2. The zero-order valence-corrected chi connectivity index (χ0v) is 16.3. The van der Waals surface area contributed by atoms with Gasteiger partial charge in [-0.3, -0.25) is 9.69 Å². The molecule has 2 aliphatic heterocycles. The summed E-state index contributed by atoms with van der Waals surface area (Å²) in [4.78, 5) is 16.4. The van der Waals surface area contributed by atoms with Crippen LogP contribution in [0, 0.1) is 5.82 Å². The normalized spacial score (nSPS) is 21.6. The van der Waals surface area contributed by atoms with Gasteiger partial charge in [-0.05, 0) is 54.2 Å². The van der Waals surface area contributed by atoms with Crippen LogP contribution < -0.4 is 14.4 Å². The van der Waals surface area contributed by atoms with Gasteiger partial charge in [-0.1, -0.05) is 6.07 Å². The first kappa shape index (κ1) is 18.1. The summed E-state index contributed by atoms with van der Waals surface area (Å²) >= 11 is 7.29. The second kappa shape index (κ2) is 7.01. The molecule has 27 heavy (non-hydrogen) atoms. The Morgan fingerprint density at radius 3 is 2.48 bits per heavy atom. The Bertz CT molecular complexity index is 906. The van der Waals surface area contributed by atoms with Crippen molar-refractivity contribution in [3.63, 3.8) is 0 Å². The van der Waals surface area contributed by atoms with Crippen LogP contribution in [0.1, 0.15) is 10.9 Å². The first-order valence-corrected chi connectivity index (χ1v) is 9.76. The van der Waals surface area contributed by atoms with E-state index in [2.05, 4.69) is 0 Å². The lowest BCUT2D eigenvalue weighted by atomic mass is 10.1. The molecule has 0 aliphatic carbocycles. The number of benzene rings is 2. The first-order chi connectivity index (χ1) is 13.0. The number of hydrogen-bond acceptors (Lipinski definition) is 5. The maximum absolute atomic E-state index is 13.2. The zero-order valence-electron chi connectivity index (χ0n) is 14.7. The molecule has 2 aromatic carbocycles. The van der Waals surface area contributed by atoms with Crippen molar-refractivity contribution in [3.05, 3.63) is 53.8 Å². The highest BCUT2D eigenvalue weighted by atomic mass is 32.2. The number of thiocarbonyl (C=S) groups is 1. The third kappa shape index (κ3) is 2.93. The van der Waals surface area contributed by atoms with Crippen LogP contribution in [0.15, 0.2) is 42.5 Å². The number of fused-ring (bicyclic) bond motifs is 1. The highest BCUT2D eigenvalue weighted by Gasteiger charge is 2.50. The number of carbonyl (C=O) groups excluding carboxylic acids is 1. The lowest BCUT2D eigenvalue weighted by Gasteiger charge is -2.26. The van der Waals surface area contributed by atoms with E-state index in [1.807, 2.05) is 23.1 Å². The molecular formula is C19H17FN2O3S2. The van der Waals surface area contributed by atoms with E-state index in [0.29, 0.717) is 28.1 Å². The van der Waals surface area contributed by atoms with Crippen LogP contribution >= 0.6 is 24.0 Å². The average Bonchev–Trinajstić information content (AvgIpc) is 3.23. The second-order valence-electron chi connectivity index (χ2n) is 6.16. The minimum atomic E-state index is -0.351. The molecule has 2 aliphatic rings. The van der Waals surface area contributed by atoms with Crippen LogP contribution in [0.2, 0.25) is 0 Å². The van der Waals surface area contributed by atoms with Crippen molar-refractivity contribution in [1.29, 1.82) is 0 Å². The summed E-state index contributed by atoms with van der Waals surface area (Å²) in [5.74, 6) is 1.48. The van der Waals surface area contributed by atoms with Gasteiger partial charge in [-0.25, -0.2) is 4.39 Å². The molecule has 140 valence electrons. The minimum Gasteiger partial charge on any atom is -0.493 e. The minimum absolute atomic E-state index is 0.0814. The van der Waals surface area contributed by atoms with Crippen molar-refractivity contribution in [1.82, 2.24) is 4.90 Å². The number of hydrogen-bond donors (Lipinski definition) is 0. The molecule has 0 spiro atoms. The molecule has 2 atom stereocenters. The van der Waals surface area contributed by atoms with Gasteiger partial charge in [0.15, 0.2) is 16.6 Å². The Hall–Kier alpha value is -2.32. The van der Waals surface area contributed by atoms with E-state index in [1.54, 1.807) is 38.1 Å². The summed E-state index contributed by atoms with van der Waals surface area (Å²) in [6.07, 6.45) is 0. The molecular weight excluding hydrogens is 387 g/mol. The molecule has 8 heteroatoms. The number of ether oxygens (including phenoxy) is 2. The number of thioether (sulfide) groups is 1. The molecule has 5 nitrogen and oxygen atoms in total. The fraction of sp³-hybridized carbons (Fsp3) is 0.263. The summed E-state index contributed by atoms with van der Waals surface area (Å²) < 4.78 is 23.9. The molecule has 0 radical (unpaired) electrons. The van der Waals surface area contributed by atoms with Gasteiger partial charge in [0.1, 0.15) is 17.2 Å². The van der Waals surface area contributed by atoms with E-state index in [4.69, 9.17) is 21.7 Å². The number of rotatable bonds is 4. The Balaban J connectivity index is 1.67. The Morgan fingerprint density at radius 2 is 1.81 bits per heavy atom. The molecule has 0 unspecified atom stereocenters. The third-order valence-electron chi connectivity index (χ3n) is 4.70. The first-order valence-electron chi connectivity index (χ1n) is 8.30. The molecule has 4 rings (SSSR count). The summed E-state index contributed by atoms with van der Waals surface area (Å²) in [6.45, 7) is 0. The van der Waals surface area contributed by atoms with Crippen molar-refractivity contribution >= 4 is 40.7 Å². The molecule has 0 saturated carbocycles. The third-order valence-corrected chi connectivity index (χ3v) is 6.41. The molecule has 2 aromatic rings. The van der Waals surface area contributed by atoms with Gasteiger partial charge in [0.05, 0.1) is 19.9 Å². The number of methoxy groups -OCH3 is 2. The van der Waals surface area contributed by atoms with Gasteiger partial charge in [-0.2, -0.15) is 0 Å².